The summed E-state index contributed by atoms with van der Waals surface area (Å²) in [6.45, 7) is 8.24. The average molecular weight is 220 g/mol. The molecule has 1 aromatic carbocycles. The standard InChI is InChI=1S/C13H20N2O/c1-13(2,3)9-15-8-10-5-4-6-11(7-10)12(14)16/h4-7,15H,8-9H2,1-3H3,(H2,14,16). The molecule has 0 saturated carbocycles. The predicted molar refractivity (Wildman–Crippen MR) is 66.1 cm³/mol. The SMILES string of the molecule is CC(C)(C)CNCc1cccc(C(N)=O)c1. The van der Waals surface area contributed by atoms with Gasteiger partial charge in [0.2, 0.25) is 5.91 Å². The van der Waals surface area contributed by atoms with Crippen molar-refractivity contribution < 1.29 is 4.79 Å². The van der Waals surface area contributed by atoms with Gasteiger partial charge in [0.05, 0.1) is 0 Å². The molecule has 0 radical (unpaired) electrons. The third kappa shape index (κ3) is 4.45. The smallest absolute Gasteiger partial charge is 0.248 e. The maximum Gasteiger partial charge on any atom is 0.248 e. The highest BCUT2D eigenvalue weighted by Crippen LogP contribution is 2.11. The molecular formula is C13H20N2O. The van der Waals surface area contributed by atoms with Gasteiger partial charge in [-0.05, 0) is 23.1 Å². The minimum Gasteiger partial charge on any atom is -0.366 e. The number of benzene rings is 1. The molecule has 3 heteroatoms. The summed E-state index contributed by atoms with van der Waals surface area (Å²) < 4.78 is 0. The highest BCUT2D eigenvalue weighted by atomic mass is 16.1. The minimum atomic E-state index is -0.377. The van der Waals surface area contributed by atoms with Gasteiger partial charge in [-0.25, -0.2) is 0 Å². The Morgan fingerprint density at radius 3 is 2.62 bits per heavy atom. The van der Waals surface area contributed by atoms with E-state index < -0.39 is 0 Å². The van der Waals surface area contributed by atoms with E-state index in [9.17, 15) is 4.79 Å². The van der Waals surface area contributed by atoms with Crippen molar-refractivity contribution in [2.24, 2.45) is 11.1 Å². The molecule has 3 N–H and O–H groups in total. The van der Waals surface area contributed by atoms with E-state index in [1.807, 2.05) is 18.2 Å². The second-order valence-electron chi connectivity index (χ2n) is 5.23. The number of hydrogen-bond acceptors (Lipinski definition) is 2. The second kappa shape index (κ2) is 5.12. The summed E-state index contributed by atoms with van der Waals surface area (Å²) in [6.07, 6.45) is 0. The number of rotatable bonds is 4. The monoisotopic (exact) mass is 220 g/mol. The largest absolute Gasteiger partial charge is 0.366 e. The van der Waals surface area contributed by atoms with Gasteiger partial charge in [0, 0.05) is 18.7 Å². The van der Waals surface area contributed by atoms with Gasteiger partial charge in [-0.15, -0.1) is 0 Å². The molecule has 1 rings (SSSR count). The van der Waals surface area contributed by atoms with Crippen LogP contribution in [0.25, 0.3) is 0 Å². The lowest BCUT2D eigenvalue weighted by molar-refractivity contribution is 0.1000. The van der Waals surface area contributed by atoms with Gasteiger partial charge in [-0.1, -0.05) is 32.9 Å². The molecule has 0 spiro atoms. The van der Waals surface area contributed by atoms with Gasteiger partial charge < -0.3 is 11.1 Å². The van der Waals surface area contributed by atoms with E-state index in [0.717, 1.165) is 18.7 Å². The molecule has 0 atom stereocenters. The third-order valence-corrected chi connectivity index (χ3v) is 2.20. The zero-order chi connectivity index (χ0) is 12.2. The molecule has 0 aliphatic rings. The predicted octanol–water partition coefficient (Wildman–Crippen LogP) is 1.92. The molecule has 1 aromatic rings. The molecule has 0 bridgehead atoms. The molecular weight excluding hydrogens is 200 g/mol. The highest BCUT2D eigenvalue weighted by molar-refractivity contribution is 5.92. The summed E-state index contributed by atoms with van der Waals surface area (Å²) in [5.41, 5.74) is 7.14. The summed E-state index contributed by atoms with van der Waals surface area (Å²) in [7, 11) is 0. The number of amides is 1. The topological polar surface area (TPSA) is 55.1 Å². The van der Waals surface area contributed by atoms with Crippen molar-refractivity contribution in [2.45, 2.75) is 27.3 Å². The first-order valence-corrected chi connectivity index (χ1v) is 5.48. The number of nitrogens with one attached hydrogen (secondary N) is 1. The van der Waals surface area contributed by atoms with E-state index >= 15 is 0 Å². The first kappa shape index (κ1) is 12.7. The Kier molecular flexibility index (Phi) is 4.07. The van der Waals surface area contributed by atoms with Crippen LogP contribution in [0.2, 0.25) is 0 Å². The summed E-state index contributed by atoms with van der Waals surface area (Å²) in [5, 5.41) is 3.36. The van der Waals surface area contributed by atoms with Crippen LogP contribution < -0.4 is 11.1 Å². The number of carbonyl (C=O) groups excluding carboxylic acids is 1. The molecule has 0 unspecified atom stereocenters. The number of carbonyl (C=O) groups is 1. The Morgan fingerprint density at radius 2 is 2.06 bits per heavy atom. The average Bonchev–Trinajstić information content (AvgIpc) is 2.16. The van der Waals surface area contributed by atoms with Gasteiger partial charge in [0.25, 0.3) is 0 Å². The maximum atomic E-state index is 11.0. The van der Waals surface area contributed by atoms with Crippen molar-refractivity contribution in [1.29, 1.82) is 0 Å². The van der Waals surface area contributed by atoms with Crippen LogP contribution in [-0.4, -0.2) is 12.5 Å². The van der Waals surface area contributed by atoms with Gasteiger partial charge >= 0.3 is 0 Å². The summed E-state index contributed by atoms with van der Waals surface area (Å²) >= 11 is 0. The van der Waals surface area contributed by atoms with Crippen molar-refractivity contribution in [1.82, 2.24) is 5.32 Å². The Labute approximate surface area is 97.0 Å². The fraction of sp³-hybridized carbons (Fsp3) is 0.462. The number of hydrogen-bond donors (Lipinski definition) is 2. The number of primary amides is 1. The molecule has 0 aromatic heterocycles. The van der Waals surface area contributed by atoms with Crippen LogP contribution in [0, 0.1) is 5.41 Å². The van der Waals surface area contributed by atoms with E-state index in [-0.39, 0.29) is 11.3 Å². The quantitative estimate of drug-likeness (QED) is 0.814. The van der Waals surface area contributed by atoms with Crippen LogP contribution in [0.1, 0.15) is 36.7 Å². The first-order valence-electron chi connectivity index (χ1n) is 5.48. The first-order chi connectivity index (χ1) is 7.38. The van der Waals surface area contributed by atoms with E-state index in [2.05, 4.69) is 26.1 Å². The maximum absolute atomic E-state index is 11.0. The van der Waals surface area contributed by atoms with Gasteiger partial charge in [-0.3, -0.25) is 4.79 Å². The lowest BCUT2D eigenvalue weighted by atomic mass is 9.97. The zero-order valence-electron chi connectivity index (χ0n) is 10.2. The van der Waals surface area contributed by atoms with Crippen LogP contribution in [0.15, 0.2) is 24.3 Å². The Morgan fingerprint density at radius 1 is 1.38 bits per heavy atom. The van der Waals surface area contributed by atoms with Crippen LogP contribution in [0.5, 0.6) is 0 Å². The van der Waals surface area contributed by atoms with E-state index in [1.54, 1.807) is 6.07 Å². The molecule has 0 heterocycles. The van der Waals surface area contributed by atoms with Gasteiger partial charge in [-0.2, -0.15) is 0 Å². The second-order valence-corrected chi connectivity index (χ2v) is 5.23. The van der Waals surface area contributed by atoms with E-state index in [1.165, 1.54) is 0 Å². The fourth-order valence-corrected chi connectivity index (χ4v) is 1.42. The Bertz CT molecular complexity index is 366. The van der Waals surface area contributed by atoms with Crippen molar-refractivity contribution >= 4 is 5.91 Å². The molecule has 1 amide bonds. The summed E-state index contributed by atoms with van der Waals surface area (Å²) in [5.74, 6) is -0.377. The van der Waals surface area contributed by atoms with Crippen LogP contribution >= 0.6 is 0 Å². The van der Waals surface area contributed by atoms with Crippen LogP contribution in [0.4, 0.5) is 0 Å². The van der Waals surface area contributed by atoms with Crippen molar-refractivity contribution in [2.75, 3.05) is 6.54 Å². The molecule has 0 aliphatic heterocycles. The van der Waals surface area contributed by atoms with Gasteiger partial charge in [0.15, 0.2) is 0 Å². The van der Waals surface area contributed by atoms with E-state index in [4.69, 9.17) is 5.73 Å². The highest BCUT2D eigenvalue weighted by Gasteiger charge is 2.09. The Balaban J connectivity index is 2.55. The zero-order valence-corrected chi connectivity index (χ0v) is 10.2. The van der Waals surface area contributed by atoms with Gasteiger partial charge in [0.1, 0.15) is 0 Å². The lowest BCUT2D eigenvalue weighted by Crippen LogP contribution is -2.26. The lowest BCUT2D eigenvalue weighted by Gasteiger charge is -2.18. The van der Waals surface area contributed by atoms with Crippen molar-refractivity contribution in [3.8, 4) is 0 Å². The molecule has 0 aliphatic carbocycles. The molecule has 0 saturated heterocycles. The summed E-state index contributed by atoms with van der Waals surface area (Å²) in [4.78, 5) is 11.0. The Hall–Kier alpha value is -1.35. The van der Waals surface area contributed by atoms with Crippen LogP contribution in [-0.2, 0) is 6.54 Å². The third-order valence-electron chi connectivity index (χ3n) is 2.20. The van der Waals surface area contributed by atoms with Crippen LogP contribution in [0.3, 0.4) is 0 Å². The molecule has 3 nitrogen and oxygen atoms in total. The van der Waals surface area contributed by atoms with Crippen molar-refractivity contribution in [3.63, 3.8) is 0 Å². The van der Waals surface area contributed by atoms with Crippen molar-refractivity contribution in [3.05, 3.63) is 35.4 Å². The molecule has 16 heavy (non-hydrogen) atoms. The normalized spacial score (nSPS) is 11.4. The molecule has 88 valence electrons. The fourth-order valence-electron chi connectivity index (χ4n) is 1.42. The summed E-state index contributed by atoms with van der Waals surface area (Å²) in [6, 6.07) is 7.41. The minimum absolute atomic E-state index is 0.265. The number of nitrogens with two attached hydrogens (primary N) is 1. The molecule has 0 fully saturated rings. The van der Waals surface area contributed by atoms with E-state index in [0.29, 0.717) is 5.56 Å².